The zero-order chi connectivity index (χ0) is 11.5. The van der Waals surface area contributed by atoms with E-state index in [1.807, 2.05) is 4.57 Å². The Kier molecular flexibility index (Phi) is 4.11. The van der Waals surface area contributed by atoms with Crippen LogP contribution in [0.1, 0.15) is 33.0 Å². The summed E-state index contributed by atoms with van der Waals surface area (Å²) < 4.78 is 6.95. The third kappa shape index (κ3) is 3.18. The number of aromatic nitrogens is 3. The van der Waals surface area contributed by atoms with Gasteiger partial charge in [0, 0.05) is 25.7 Å². The maximum Gasteiger partial charge on any atom is 0.225 e. The van der Waals surface area contributed by atoms with E-state index in [0.717, 1.165) is 25.4 Å². The number of rotatable bonds is 4. The molecule has 0 atom stereocenters. The van der Waals surface area contributed by atoms with E-state index in [2.05, 4.69) is 31.0 Å². The van der Waals surface area contributed by atoms with Gasteiger partial charge in [0.1, 0.15) is 5.82 Å². The Morgan fingerprint density at radius 3 is 2.53 bits per heavy atom. The zero-order valence-corrected chi connectivity index (χ0v) is 10.5. The van der Waals surface area contributed by atoms with Gasteiger partial charge in [0.05, 0.1) is 0 Å². The van der Waals surface area contributed by atoms with Gasteiger partial charge in [-0.3, -0.25) is 0 Å². The molecule has 0 aliphatic heterocycles. The van der Waals surface area contributed by atoms with Crippen molar-refractivity contribution in [1.29, 1.82) is 0 Å². The molecular weight excluding hydrogens is 214 g/mol. The Morgan fingerprint density at radius 1 is 1.33 bits per heavy atom. The summed E-state index contributed by atoms with van der Waals surface area (Å²) in [7, 11) is 1.69. The maximum absolute atomic E-state index is 5.98. The topological polar surface area (TPSA) is 39.9 Å². The van der Waals surface area contributed by atoms with Crippen LogP contribution in [0.3, 0.4) is 0 Å². The fourth-order valence-electron chi connectivity index (χ4n) is 1.40. The van der Waals surface area contributed by atoms with Crippen molar-refractivity contribution in [2.75, 3.05) is 13.7 Å². The molecule has 0 radical (unpaired) electrons. The lowest BCUT2D eigenvalue weighted by Crippen LogP contribution is -2.19. The van der Waals surface area contributed by atoms with Crippen LogP contribution in [0.15, 0.2) is 0 Å². The average Bonchev–Trinajstić information content (AvgIpc) is 2.48. The van der Waals surface area contributed by atoms with Crippen LogP contribution < -0.4 is 0 Å². The van der Waals surface area contributed by atoms with Crippen molar-refractivity contribution in [3.63, 3.8) is 0 Å². The second-order valence-electron chi connectivity index (χ2n) is 4.54. The van der Waals surface area contributed by atoms with Crippen molar-refractivity contribution >= 4 is 11.6 Å². The monoisotopic (exact) mass is 231 g/mol. The Bertz CT molecular complexity index is 317. The number of nitrogens with zero attached hydrogens (tertiary/aromatic N) is 3. The van der Waals surface area contributed by atoms with E-state index in [-0.39, 0.29) is 5.41 Å². The minimum atomic E-state index is -0.0345. The maximum atomic E-state index is 5.98. The minimum Gasteiger partial charge on any atom is -0.385 e. The second-order valence-corrected chi connectivity index (χ2v) is 4.88. The van der Waals surface area contributed by atoms with Gasteiger partial charge in [-0.25, -0.2) is 0 Å². The van der Waals surface area contributed by atoms with Gasteiger partial charge in [-0.15, -0.1) is 10.2 Å². The lowest BCUT2D eigenvalue weighted by atomic mass is 9.96. The highest BCUT2D eigenvalue weighted by atomic mass is 35.5. The fourth-order valence-corrected chi connectivity index (χ4v) is 1.61. The molecule has 4 nitrogen and oxygen atoms in total. The lowest BCUT2D eigenvalue weighted by molar-refractivity contribution is 0.189. The molecule has 0 aromatic carbocycles. The van der Waals surface area contributed by atoms with Gasteiger partial charge in [-0.05, 0) is 18.0 Å². The van der Waals surface area contributed by atoms with Gasteiger partial charge in [0.15, 0.2) is 0 Å². The molecule has 0 saturated heterocycles. The van der Waals surface area contributed by atoms with E-state index in [0.29, 0.717) is 5.28 Å². The molecule has 86 valence electrons. The summed E-state index contributed by atoms with van der Waals surface area (Å²) in [5.74, 6) is 0.920. The molecular formula is C10H18ClN3O. The van der Waals surface area contributed by atoms with Crippen LogP contribution in [0.5, 0.6) is 0 Å². The predicted molar refractivity (Wildman–Crippen MR) is 60.2 cm³/mol. The summed E-state index contributed by atoms with van der Waals surface area (Å²) >= 11 is 5.98. The number of methoxy groups -OCH3 is 1. The molecule has 1 aromatic rings. The highest BCUT2D eigenvalue weighted by Gasteiger charge is 2.22. The number of halogens is 1. The molecule has 0 aliphatic rings. The van der Waals surface area contributed by atoms with Crippen LogP contribution >= 0.6 is 11.6 Å². The first kappa shape index (κ1) is 12.5. The van der Waals surface area contributed by atoms with Gasteiger partial charge in [-0.2, -0.15) is 0 Å². The second kappa shape index (κ2) is 4.94. The van der Waals surface area contributed by atoms with Crippen molar-refractivity contribution < 1.29 is 4.74 Å². The van der Waals surface area contributed by atoms with Crippen molar-refractivity contribution in [1.82, 2.24) is 14.8 Å². The van der Waals surface area contributed by atoms with E-state index in [9.17, 15) is 0 Å². The van der Waals surface area contributed by atoms with Crippen molar-refractivity contribution in [2.45, 2.75) is 39.2 Å². The molecule has 1 heterocycles. The highest BCUT2D eigenvalue weighted by Crippen LogP contribution is 2.22. The summed E-state index contributed by atoms with van der Waals surface area (Å²) in [6, 6.07) is 0. The third-order valence-electron chi connectivity index (χ3n) is 2.11. The lowest BCUT2D eigenvalue weighted by Gasteiger charge is -2.18. The molecule has 0 bridgehead atoms. The normalized spacial score (nSPS) is 12.1. The van der Waals surface area contributed by atoms with Gasteiger partial charge < -0.3 is 9.30 Å². The van der Waals surface area contributed by atoms with E-state index < -0.39 is 0 Å². The number of hydrogen-bond acceptors (Lipinski definition) is 3. The van der Waals surface area contributed by atoms with E-state index in [4.69, 9.17) is 16.3 Å². The smallest absolute Gasteiger partial charge is 0.225 e. The van der Waals surface area contributed by atoms with Gasteiger partial charge in [0.25, 0.3) is 0 Å². The van der Waals surface area contributed by atoms with E-state index >= 15 is 0 Å². The quantitative estimate of drug-likeness (QED) is 0.747. The largest absolute Gasteiger partial charge is 0.385 e. The molecule has 15 heavy (non-hydrogen) atoms. The van der Waals surface area contributed by atoms with E-state index in [1.165, 1.54) is 0 Å². The van der Waals surface area contributed by atoms with Gasteiger partial charge in [0.2, 0.25) is 5.28 Å². The number of ether oxygens (including phenoxy) is 1. The fraction of sp³-hybridized carbons (Fsp3) is 0.800. The Labute approximate surface area is 95.6 Å². The first-order valence-corrected chi connectivity index (χ1v) is 5.42. The zero-order valence-electron chi connectivity index (χ0n) is 9.75. The highest BCUT2D eigenvalue weighted by molar-refractivity contribution is 6.28. The van der Waals surface area contributed by atoms with Crippen LogP contribution in [-0.4, -0.2) is 28.5 Å². The summed E-state index contributed by atoms with van der Waals surface area (Å²) in [5.41, 5.74) is -0.0345. The summed E-state index contributed by atoms with van der Waals surface area (Å²) in [6.45, 7) is 7.81. The summed E-state index contributed by atoms with van der Waals surface area (Å²) in [6.07, 6.45) is 0.914. The number of hydrogen-bond donors (Lipinski definition) is 0. The standard InChI is InChI=1S/C10H18ClN3O/c1-10(2,3)8-12-13-9(11)14(8)6-5-7-15-4/h5-7H2,1-4H3. The van der Waals surface area contributed by atoms with Crippen LogP contribution in [-0.2, 0) is 16.7 Å². The Morgan fingerprint density at radius 2 is 2.00 bits per heavy atom. The van der Waals surface area contributed by atoms with Crippen LogP contribution in [0, 0.1) is 0 Å². The summed E-state index contributed by atoms with van der Waals surface area (Å²) in [4.78, 5) is 0. The minimum absolute atomic E-state index is 0.0345. The molecule has 0 N–H and O–H groups in total. The molecule has 0 aliphatic carbocycles. The average molecular weight is 232 g/mol. The van der Waals surface area contributed by atoms with Gasteiger partial charge in [-0.1, -0.05) is 20.8 Å². The molecule has 1 rings (SSSR count). The first-order valence-electron chi connectivity index (χ1n) is 5.05. The Hall–Kier alpha value is -0.610. The molecule has 0 spiro atoms. The van der Waals surface area contributed by atoms with Crippen molar-refractivity contribution in [3.05, 3.63) is 11.1 Å². The molecule has 0 amide bonds. The molecule has 0 fully saturated rings. The van der Waals surface area contributed by atoms with Gasteiger partial charge >= 0.3 is 0 Å². The van der Waals surface area contributed by atoms with Crippen LogP contribution in [0.2, 0.25) is 5.28 Å². The van der Waals surface area contributed by atoms with E-state index in [1.54, 1.807) is 7.11 Å². The molecule has 0 saturated carbocycles. The third-order valence-corrected chi connectivity index (χ3v) is 2.39. The Balaban J connectivity index is 2.80. The molecule has 1 aromatic heterocycles. The molecule has 5 heteroatoms. The SMILES string of the molecule is COCCCn1c(Cl)nnc1C(C)(C)C. The van der Waals surface area contributed by atoms with Crippen molar-refractivity contribution in [3.8, 4) is 0 Å². The predicted octanol–water partition coefficient (Wildman–Crippen LogP) is 2.27. The van der Waals surface area contributed by atoms with Crippen molar-refractivity contribution in [2.24, 2.45) is 0 Å². The van der Waals surface area contributed by atoms with Crippen LogP contribution in [0.4, 0.5) is 0 Å². The molecule has 0 unspecified atom stereocenters. The first-order chi connectivity index (χ1) is 6.96. The summed E-state index contributed by atoms with van der Waals surface area (Å²) in [5, 5.41) is 8.46. The van der Waals surface area contributed by atoms with Crippen LogP contribution in [0.25, 0.3) is 0 Å².